The minimum atomic E-state index is 0.572. The van der Waals surface area contributed by atoms with Gasteiger partial charge in [-0.15, -0.1) is 0 Å². The van der Waals surface area contributed by atoms with Crippen molar-refractivity contribution in [2.45, 2.75) is 57.6 Å². The second-order valence-electron chi connectivity index (χ2n) is 4.60. The van der Waals surface area contributed by atoms with Crippen LogP contribution in [0.5, 0.6) is 0 Å². The highest BCUT2D eigenvalue weighted by Gasteiger charge is 2.15. The standard InChI is InChI=1S/C13H27NOS/c1-3-14-12(9-11-16-2)6-4-7-13-8-5-10-15-13/h12-14H,3-11H2,1-2H3. The van der Waals surface area contributed by atoms with Crippen molar-refractivity contribution in [3.8, 4) is 0 Å². The molecule has 0 aromatic carbocycles. The third-order valence-electron chi connectivity index (χ3n) is 3.27. The van der Waals surface area contributed by atoms with Gasteiger partial charge in [0.05, 0.1) is 6.10 Å². The SMILES string of the molecule is CCNC(CCCC1CCCO1)CCSC. The lowest BCUT2D eigenvalue weighted by molar-refractivity contribution is 0.101. The molecule has 0 bridgehead atoms. The van der Waals surface area contributed by atoms with Crippen LogP contribution in [-0.4, -0.2) is 37.3 Å². The lowest BCUT2D eigenvalue weighted by Crippen LogP contribution is -2.29. The summed E-state index contributed by atoms with van der Waals surface area (Å²) in [5.41, 5.74) is 0. The average molecular weight is 245 g/mol. The molecule has 2 nitrogen and oxygen atoms in total. The molecule has 0 spiro atoms. The maximum atomic E-state index is 5.65. The third kappa shape index (κ3) is 6.12. The van der Waals surface area contributed by atoms with E-state index in [0.717, 1.165) is 19.2 Å². The van der Waals surface area contributed by atoms with Gasteiger partial charge in [0.2, 0.25) is 0 Å². The Morgan fingerprint density at radius 1 is 1.44 bits per heavy atom. The maximum Gasteiger partial charge on any atom is 0.0576 e. The van der Waals surface area contributed by atoms with E-state index in [0.29, 0.717) is 6.10 Å². The molecule has 96 valence electrons. The van der Waals surface area contributed by atoms with Crippen LogP contribution in [0.15, 0.2) is 0 Å². The Morgan fingerprint density at radius 3 is 2.94 bits per heavy atom. The molecule has 1 heterocycles. The number of thioether (sulfide) groups is 1. The first kappa shape index (κ1) is 14.3. The van der Waals surface area contributed by atoms with Crippen LogP contribution < -0.4 is 5.32 Å². The van der Waals surface area contributed by atoms with Crippen molar-refractivity contribution in [2.75, 3.05) is 25.2 Å². The number of hydrogen-bond donors (Lipinski definition) is 1. The van der Waals surface area contributed by atoms with Gasteiger partial charge in [0.15, 0.2) is 0 Å². The van der Waals surface area contributed by atoms with Crippen molar-refractivity contribution >= 4 is 11.8 Å². The second kappa shape index (κ2) is 9.32. The van der Waals surface area contributed by atoms with E-state index in [9.17, 15) is 0 Å². The predicted octanol–water partition coefficient (Wildman–Crippen LogP) is 3.07. The van der Waals surface area contributed by atoms with E-state index < -0.39 is 0 Å². The summed E-state index contributed by atoms with van der Waals surface area (Å²) < 4.78 is 5.65. The molecule has 3 heteroatoms. The van der Waals surface area contributed by atoms with Gasteiger partial charge in [0.1, 0.15) is 0 Å². The Hall–Kier alpha value is 0.270. The topological polar surface area (TPSA) is 21.3 Å². The van der Waals surface area contributed by atoms with Crippen LogP contribution in [0.1, 0.15) is 45.4 Å². The summed E-state index contributed by atoms with van der Waals surface area (Å²) in [5, 5.41) is 3.59. The molecule has 0 radical (unpaired) electrons. The van der Waals surface area contributed by atoms with Crippen LogP contribution in [0.2, 0.25) is 0 Å². The van der Waals surface area contributed by atoms with Crippen molar-refractivity contribution in [1.82, 2.24) is 5.32 Å². The largest absolute Gasteiger partial charge is 0.378 e. The van der Waals surface area contributed by atoms with Gasteiger partial charge in [-0.2, -0.15) is 11.8 Å². The van der Waals surface area contributed by atoms with E-state index in [2.05, 4.69) is 18.5 Å². The molecule has 0 aromatic heterocycles. The third-order valence-corrected chi connectivity index (χ3v) is 3.91. The molecular formula is C13H27NOS. The Kier molecular flexibility index (Phi) is 8.34. The summed E-state index contributed by atoms with van der Waals surface area (Å²) >= 11 is 1.95. The average Bonchev–Trinajstić information content (AvgIpc) is 2.79. The molecule has 2 atom stereocenters. The van der Waals surface area contributed by atoms with Crippen LogP contribution in [0.3, 0.4) is 0 Å². The first-order chi connectivity index (χ1) is 7.86. The van der Waals surface area contributed by atoms with Gasteiger partial charge < -0.3 is 10.1 Å². The highest BCUT2D eigenvalue weighted by Crippen LogP contribution is 2.18. The summed E-state index contributed by atoms with van der Waals surface area (Å²) in [4.78, 5) is 0. The molecule has 1 rings (SSSR count). The van der Waals surface area contributed by atoms with Gasteiger partial charge in [-0.25, -0.2) is 0 Å². The fourth-order valence-electron chi connectivity index (χ4n) is 2.36. The summed E-state index contributed by atoms with van der Waals surface area (Å²) in [6.07, 6.45) is 10.5. The summed E-state index contributed by atoms with van der Waals surface area (Å²) in [7, 11) is 0. The van der Waals surface area contributed by atoms with Crippen LogP contribution in [-0.2, 0) is 4.74 Å². The second-order valence-corrected chi connectivity index (χ2v) is 5.59. The number of nitrogens with one attached hydrogen (secondary N) is 1. The molecule has 0 amide bonds. The minimum absolute atomic E-state index is 0.572. The molecule has 16 heavy (non-hydrogen) atoms. The first-order valence-electron chi connectivity index (χ1n) is 6.70. The highest BCUT2D eigenvalue weighted by molar-refractivity contribution is 7.98. The van der Waals surface area contributed by atoms with Crippen molar-refractivity contribution in [2.24, 2.45) is 0 Å². The Morgan fingerprint density at radius 2 is 2.31 bits per heavy atom. The lowest BCUT2D eigenvalue weighted by atomic mass is 10.0. The molecule has 1 aliphatic heterocycles. The fraction of sp³-hybridized carbons (Fsp3) is 1.00. The molecule has 0 saturated carbocycles. The molecule has 1 saturated heterocycles. The van der Waals surface area contributed by atoms with Gasteiger partial charge >= 0.3 is 0 Å². The van der Waals surface area contributed by atoms with E-state index >= 15 is 0 Å². The van der Waals surface area contributed by atoms with Gasteiger partial charge in [0.25, 0.3) is 0 Å². The highest BCUT2D eigenvalue weighted by atomic mass is 32.2. The zero-order chi connectivity index (χ0) is 11.6. The maximum absolute atomic E-state index is 5.65. The zero-order valence-corrected chi connectivity index (χ0v) is 11.7. The smallest absolute Gasteiger partial charge is 0.0576 e. The van der Waals surface area contributed by atoms with Crippen LogP contribution in [0.4, 0.5) is 0 Å². The summed E-state index contributed by atoms with van der Waals surface area (Å²) in [6, 6.07) is 0.721. The van der Waals surface area contributed by atoms with E-state index in [-0.39, 0.29) is 0 Å². The number of ether oxygens (including phenoxy) is 1. The van der Waals surface area contributed by atoms with Crippen molar-refractivity contribution in [3.05, 3.63) is 0 Å². The predicted molar refractivity (Wildman–Crippen MR) is 73.3 cm³/mol. The van der Waals surface area contributed by atoms with E-state index in [1.165, 1.54) is 44.3 Å². The van der Waals surface area contributed by atoms with Gasteiger partial charge in [-0.1, -0.05) is 6.92 Å². The van der Waals surface area contributed by atoms with Gasteiger partial charge in [-0.3, -0.25) is 0 Å². The quantitative estimate of drug-likeness (QED) is 0.674. The van der Waals surface area contributed by atoms with E-state index in [4.69, 9.17) is 4.74 Å². The number of rotatable bonds is 9. The van der Waals surface area contributed by atoms with Crippen molar-refractivity contribution in [3.63, 3.8) is 0 Å². The summed E-state index contributed by atoms with van der Waals surface area (Å²) in [6.45, 7) is 4.29. The van der Waals surface area contributed by atoms with E-state index in [1.54, 1.807) is 0 Å². The Labute approximate surface area is 105 Å². The summed E-state index contributed by atoms with van der Waals surface area (Å²) in [5.74, 6) is 1.28. The lowest BCUT2D eigenvalue weighted by Gasteiger charge is -2.18. The Bertz CT molecular complexity index is 160. The van der Waals surface area contributed by atoms with Crippen molar-refractivity contribution in [1.29, 1.82) is 0 Å². The molecule has 1 aliphatic rings. The van der Waals surface area contributed by atoms with Crippen LogP contribution in [0, 0.1) is 0 Å². The Balaban J connectivity index is 2.05. The molecule has 0 aliphatic carbocycles. The molecular weight excluding hydrogens is 218 g/mol. The van der Waals surface area contributed by atoms with Crippen molar-refractivity contribution < 1.29 is 4.74 Å². The molecule has 0 aromatic rings. The van der Waals surface area contributed by atoms with E-state index in [1.807, 2.05) is 11.8 Å². The van der Waals surface area contributed by atoms with Crippen LogP contribution >= 0.6 is 11.8 Å². The normalized spacial score (nSPS) is 22.5. The first-order valence-corrected chi connectivity index (χ1v) is 8.10. The van der Waals surface area contributed by atoms with Gasteiger partial charge in [-0.05, 0) is 57.1 Å². The monoisotopic (exact) mass is 245 g/mol. The fourth-order valence-corrected chi connectivity index (χ4v) is 2.88. The zero-order valence-electron chi connectivity index (χ0n) is 10.8. The molecule has 1 N–H and O–H groups in total. The number of hydrogen-bond acceptors (Lipinski definition) is 3. The molecule has 1 fully saturated rings. The van der Waals surface area contributed by atoms with Gasteiger partial charge in [0, 0.05) is 12.6 Å². The molecule has 2 unspecified atom stereocenters. The van der Waals surface area contributed by atoms with Crippen LogP contribution in [0.25, 0.3) is 0 Å². The minimum Gasteiger partial charge on any atom is -0.378 e.